The van der Waals surface area contributed by atoms with Gasteiger partial charge in [-0.15, -0.1) is 0 Å². The van der Waals surface area contributed by atoms with Crippen molar-refractivity contribution in [3.63, 3.8) is 0 Å². The molecule has 5 nitrogen and oxygen atoms in total. The fraction of sp³-hybridized carbons (Fsp3) is 0.333. The summed E-state index contributed by atoms with van der Waals surface area (Å²) in [6.07, 6.45) is 2.49. The van der Waals surface area contributed by atoms with Crippen molar-refractivity contribution in [1.82, 2.24) is 9.88 Å². The topological polar surface area (TPSA) is 67.0 Å². The molecule has 1 heterocycles. The van der Waals surface area contributed by atoms with Crippen LogP contribution in [0.4, 0.5) is 0 Å². The number of rotatable bonds is 6. The van der Waals surface area contributed by atoms with Crippen LogP contribution in [-0.4, -0.2) is 30.7 Å². The molecule has 0 aliphatic rings. The molecule has 1 aromatic heterocycles. The van der Waals surface area contributed by atoms with Crippen LogP contribution in [0, 0.1) is 25.2 Å². The molecule has 5 heteroatoms. The van der Waals surface area contributed by atoms with E-state index >= 15 is 0 Å². The Hall–Kier alpha value is -2.58. The summed E-state index contributed by atoms with van der Waals surface area (Å²) < 4.78 is 6.73. The van der Waals surface area contributed by atoms with Crippen molar-refractivity contribution in [1.29, 1.82) is 5.26 Å². The molecule has 23 heavy (non-hydrogen) atoms. The first-order valence-corrected chi connectivity index (χ1v) is 7.54. The predicted molar refractivity (Wildman–Crippen MR) is 88.8 cm³/mol. The van der Waals surface area contributed by atoms with Gasteiger partial charge in [-0.2, -0.15) is 5.26 Å². The molecular formula is C18H21N3O2. The average molecular weight is 311 g/mol. The summed E-state index contributed by atoms with van der Waals surface area (Å²) in [6.45, 7) is 5.16. The maximum Gasteiger partial charge on any atom is 0.269 e. The van der Waals surface area contributed by atoms with E-state index in [-0.39, 0.29) is 5.91 Å². The van der Waals surface area contributed by atoms with Gasteiger partial charge < -0.3 is 14.6 Å². The van der Waals surface area contributed by atoms with E-state index in [9.17, 15) is 10.1 Å². The largest absolute Gasteiger partial charge is 0.385 e. The molecule has 0 aliphatic carbocycles. The highest BCUT2D eigenvalue weighted by atomic mass is 16.5. The summed E-state index contributed by atoms with van der Waals surface area (Å²) in [5.74, 6) is -0.249. The maximum atomic E-state index is 12.5. The van der Waals surface area contributed by atoms with Crippen molar-refractivity contribution in [3.05, 3.63) is 52.8 Å². The summed E-state index contributed by atoms with van der Waals surface area (Å²) in [5.41, 5.74) is 3.94. The van der Waals surface area contributed by atoms with Crippen LogP contribution in [0.5, 0.6) is 0 Å². The van der Waals surface area contributed by atoms with Gasteiger partial charge in [0.15, 0.2) is 0 Å². The highest BCUT2D eigenvalue weighted by Gasteiger charge is 2.18. The summed E-state index contributed by atoms with van der Waals surface area (Å²) >= 11 is 0. The Morgan fingerprint density at radius 1 is 1.30 bits per heavy atom. The van der Waals surface area contributed by atoms with Crippen LogP contribution >= 0.6 is 0 Å². The number of nitrogens with one attached hydrogen (secondary N) is 1. The molecule has 1 N–H and O–H groups in total. The molecule has 0 radical (unpaired) electrons. The minimum atomic E-state index is -0.249. The van der Waals surface area contributed by atoms with E-state index in [1.165, 1.54) is 5.56 Å². The molecule has 0 saturated carbocycles. The van der Waals surface area contributed by atoms with Crippen molar-refractivity contribution in [2.24, 2.45) is 0 Å². The van der Waals surface area contributed by atoms with Gasteiger partial charge >= 0.3 is 0 Å². The average Bonchev–Trinajstić information content (AvgIpc) is 2.98. The van der Waals surface area contributed by atoms with E-state index < -0.39 is 0 Å². The lowest BCUT2D eigenvalue weighted by atomic mass is 10.1. The molecule has 1 aromatic carbocycles. The van der Waals surface area contributed by atoms with E-state index in [0.29, 0.717) is 24.4 Å². The molecular weight excluding hydrogens is 290 g/mol. The number of nitrogens with zero attached hydrogens (tertiary/aromatic N) is 2. The molecule has 0 fully saturated rings. The first-order valence-electron chi connectivity index (χ1n) is 7.54. The number of nitriles is 1. The van der Waals surface area contributed by atoms with Gasteiger partial charge in [0.05, 0.1) is 5.56 Å². The highest BCUT2D eigenvalue weighted by Crippen LogP contribution is 2.19. The first-order chi connectivity index (χ1) is 11.1. The number of aromatic nitrogens is 1. The lowest BCUT2D eigenvalue weighted by Crippen LogP contribution is -2.28. The number of carbonyl (C=O) groups excluding carboxylic acids is 1. The number of ether oxygens (including phenoxy) is 1. The molecule has 0 bridgehead atoms. The maximum absolute atomic E-state index is 12.5. The van der Waals surface area contributed by atoms with Gasteiger partial charge in [-0.1, -0.05) is 6.07 Å². The Balaban J connectivity index is 2.31. The van der Waals surface area contributed by atoms with Crippen molar-refractivity contribution >= 4 is 5.91 Å². The van der Waals surface area contributed by atoms with Crippen LogP contribution in [0.1, 0.15) is 33.6 Å². The van der Waals surface area contributed by atoms with Crippen LogP contribution in [0.3, 0.4) is 0 Å². The summed E-state index contributed by atoms with van der Waals surface area (Å²) in [4.78, 5) is 12.5. The summed E-state index contributed by atoms with van der Waals surface area (Å²) in [7, 11) is 1.63. The van der Waals surface area contributed by atoms with Crippen LogP contribution in [0.2, 0.25) is 0 Å². The molecule has 0 unspecified atom stereocenters. The quantitative estimate of drug-likeness (QED) is 0.834. The second-order valence-corrected chi connectivity index (χ2v) is 5.43. The molecule has 0 spiro atoms. The first kappa shape index (κ1) is 16.8. The van der Waals surface area contributed by atoms with E-state index in [0.717, 1.165) is 17.7 Å². The minimum absolute atomic E-state index is 0.249. The third-order valence-electron chi connectivity index (χ3n) is 3.80. The second-order valence-electron chi connectivity index (χ2n) is 5.43. The lowest BCUT2D eigenvalue weighted by Gasteiger charge is -2.12. The van der Waals surface area contributed by atoms with E-state index in [2.05, 4.69) is 11.4 Å². The Morgan fingerprint density at radius 2 is 2.09 bits per heavy atom. The van der Waals surface area contributed by atoms with Crippen LogP contribution < -0.4 is 5.32 Å². The number of amides is 1. The highest BCUT2D eigenvalue weighted by molar-refractivity contribution is 5.95. The normalized spacial score (nSPS) is 10.3. The zero-order chi connectivity index (χ0) is 16.8. The van der Waals surface area contributed by atoms with Crippen LogP contribution in [0.25, 0.3) is 5.69 Å². The van der Waals surface area contributed by atoms with Gasteiger partial charge in [0.25, 0.3) is 5.91 Å². The molecule has 1 amide bonds. The van der Waals surface area contributed by atoms with Crippen molar-refractivity contribution in [3.8, 4) is 11.8 Å². The molecule has 0 saturated heterocycles. The zero-order valence-electron chi connectivity index (χ0n) is 13.7. The smallest absolute Gasteiger partial charge is 0.269 e. The molecule has 0 aliphatic heterocycles. The van der Waals surface area contributed by atoms with Crippen molar-refractivity contribution in [2.75, 3.05) is 20.3 Å². The van der Waals surface area contributed by atoms with Gasteiger partial charge in [0, 0.05) is 32.1 Å². The minimum Gasteiger partial charge on any atom is -0.385 e. The van der Waals surface area contributed by atoms with Crippen molar-refractivity contribution in [2.45, 2.75) is 20.3 Å². The lowest BCUT2D eigenvalue weighted by molar-refractivity contribution is 0.0941. The molecule has 2 aromatic rings. The van der Waals surface area contributed by atoms with E-state index in [1.807, 2.05) is 32.0 Å². The van der Waals surface area contributed by atoms with E-state index in [4.69, 9.17) is 4.74 Å². The number of benzene rings is 1. The van der Waals surface area contributed by atoms with Gasteiger partial charge in [-0.25, -0.2) is 0 Å². The Bertz CT molecular complexity index is 741. The third kappa shape index (κ3) is 3.79. The Kier molecular flexibility index (Phi) is 5.56. The van der Waals surface area contributed by atoms with E-state index in [1.54, 1.807) is 23.9 Å². The molecule has 0 atom stereocenters. The SMILES string of the molecule is COCCCNC(=O)c1c(C#N)ccn1-c1ccc(C)c(C)c1. The number of methoxy groups -OCH3 is 1. The van der Waals surface area contributed by atoms with Gasteiger partial charge in [-0.05, 0) is 49.6 Å². The predicted octanol–water partition coefficient (Wildman–Crippen LogP) is 2.73. The number of aryl methyl sites for hydroxylation is 2. The summed E-state index contributed by atoms with van der Waals surface area (Å²) in [5, 5.41) is 12.1. The van der Waals surface area contributed by atoms with Crippen LogP contribution in [-0.2, 0) is 4.74 Å². The zero-order valence-corrected chi connectivity index (χ0v) is 13.7. The molecule has 2 rings (SSSR count). The van der Waals surface area contributed by atoms with Crippen LogP contribution in [0.15, 0.2) is 30.5 Å². The summed E-state index contributed by atoms with van der Waals surface area (Å²) in [6, 6.07) is 9.73. The van der Waals surface area contributed by atoms with Gasteiger partial charge in [0.2, 0.25) is 0 Å². The monoisotopic (exact) mass is 311 g/mol. The second kappa shape index (κ2) is 7.61. The van der Waals surface area contributed by atoms with Crippen molar-refractivity contribution < 1.29 is 9.53 Å². The fourth-order valence-electron chi connectivity index (χ4n) is 2.35. The molecule has 120 valence electrons. The van der Waals surface area contributed by atoms with Gasteiger partial charge in [0.1, 0.15) is 11.8 Å². The Morgan fingerprint density at radius 3 is 2.74 bits per heavy atom. The third-order valence-corrected chi connectivity index (χ3v) is 3.80. The standard InChI is InChI=1S/C18H21N3O2/c1-13-5-6-16(11-14(13)2)21-9-7-15(12-19)17(21)18(22)20-8-4-10-23-3/h5-7,9,11H,4,8,10H2,1-3H3,(H,20,22). The Labute approximate surface area is 136 Å². The van der Waals surface area contributed by atoms with Gasteiger partial charge in [-0.3, -0.25) is 4.79 Å². The number of hydrogen-bond donors (Lipinski definition) is 1. The fourth-order valence-corrected chi connectivity index (χ4v) is 2.35. The number of carbonyl (C=O) groups is 1. The number of hydrogen-bond acceptors (Lipinski definition) is 3.